The van der Waals surface area contributed by atoms with Crippen LogP contribution in [0.15, 0.2) is 53.4 Å². The summed E-state index contributed by atoms with van der Waals surface area (Å²) in [4.78, 5) is 11.9. The van der Waals surface area contributed by atoms with Gasteiger partial charge in [-0.25, -0.2) is 13.1 Å². The highest BCUT2D eigenvalue weighted by Crippen LogP contribution is 2.13. The lowest BCUT2D eigenvalue weighted by Gasteiger charge is -2.08. The molecule has 134 valence electrons. The van der Waals surface area contributed by atoms with Crippen LogP contribution >= 0.6 is 11.6 Å². The van der Waals surface area contributed by atoms with Gasteiger partial charge in [0, 0.05) is 24.5 Å². The summed E-state index contributed by atoms with van der Waals surface area (Å²) in [6, 6.07) is 14.0. The zero-order valence-corrected chi connectivity index (χ0v) is 15.5. The second kappa shape index (κ2) is 8.99. The van der Waals surface area contributed by atoms with Crippen molar-refractivity contribution in [2.24, 2.45) is 0 Å². The van der Waals surface area contributed by atoms with Crippen molar-refractivity contribution in [3.05, 3.63) is 64.7 Å². The second-order valence-electron chi connectivity index (χ2n) is 5.69. The average Bonchev–Trinajstić information content (AvgIpc) is 2.57. The van der Waals surface area contributed by atoms with Crippen LogP contribution in [0.5, 0.6) is 0 Å². The fourth-order valence-electron chi connectivity index (χ4n) is 2.19. The molecule has 0 aliphatic heterocycles. The number of carbonyl (C=O) groups is 1. The van der Waals surface area contributed by atoms with Gasteiger partial charge in [-0.3, -0.25) is 4.79 Å². The van der Waals surface area contributed by atoms with Crippen LogP contribution in [0.3, 0.4) is 0 Å². The maximum absolute atomic E-state index is 12.1. The van der Waals surface area contributed by atoms with E-state index in [2.05, 4.69) is 10.0 Å². The van der Waals surface area contributed by atoms with Gasteiger partial charge in [-0.1, -0.05) is 41.4 Å². The lowest BCUT2D eigenvalue weighted by molar-refractivity contribution is -0.120. The maximum atomic E-state index is 12.1. The Morgan fingerprint density at radius 1 is 1.00 bits per heavy atom. The normalized spacial score (nSPS) is 11.3. The first kappa shape index (κ1) is 19.4. The van der Waals surface area contributed by atoms with Crippen LogP contribution in [0.25, 0.3) is 0 Å². The molecule has 0 atom stereocenters. The topological polar surface area (TPSA) is 75.3 Å². The predicted octanol–water partition coefficient (Wildman–Crippen LogP) is 2.68. The Bertz CT molecular complexity index is 803. The molecule has 2 aromatic carbocycles. The third-order valence-corrected chi connectivity index (χ3v) is 5.35. The Kier molecular flexibility index (Phi) is 6.99. The van der Waals surface area contributed by atoms with Crippen molar-refractivity contribution in [1.82, 2.24) is 10.0 Å². The minimum atomic E-state index is -3.63. The molecule has 5 nitrogen and oxygen atoms in total. The Hall–Kier alpha value is -1.89. The van der Waals surface area contributed by atoms with Gasteiger partial charge in [-0.2, -0.15) is 0 Å². The molecule has 7 heteroatoms. The Labute approximate surface area is 153 Å². The Morgan fingerprint density at radius 3 is 2.28 bits per heavy atom. The van der Waals surface area contributed by atoms with E-state index in [0.717, 1.165) is 12.0 Å². The molecule has 2 rings (SSSR count). The molecule has 2 N–H and O–H groups in total. The molecular formula is C18H21ClN2O3S. The number of aryl methyl sites for hydroxylation is 1. The first-order valence-electron chi connectivity index (χ1n) is 7.94. The van der Waals surface area contributed by atoms with E-state index in [1.165, 1.54) is 29.8 Å². The number of benzene rings is 2. The van der Waals surface area contributed by atoms with Crippen molar-refractivity contribution in [2.45, 2.75) is 24.7 Å². The number of sulfonamides is 1. The molecule has 0 spiro atoms. The molecule has 0 saturated carbocycles. The molecule has 25 heavy (non-hydrogen) atoms. The third kappa shape index (κ3) is 6.49. The number of nitrogens with one attached hydrogen (secondary N) is 2. The van der Waals surface area contributed by atoms with Crippen molar-refractivity contribution < 1.29 is 13.2 Å². The van der Waals surface area contributed by atoms with Crippen LogP contribution in [0.4, 0.5) is 0 Å². The standard InChI is InChI=1S/C18H21ClN2O3S/c1-14-2-4-15(5-3-14)10-12-20-18(22)11-13-21-25(23,24)17-8-6-16(19)7-9-17/h2-9,21H,10-13H2,1H3,(H,20,22). The number of carbonyl (C=O) groups excluding carboxylic acids is 1. The van der Waals surface area contributed by atoms with Crippen molar-refractivity contribution in [1.29, 1.82) is 0 Å². The molecule has 2 aromatic rings. The van der Waals surface area contributed by atoms with Crippen LogP contribution < -0.4 is 10.0 Å². The van der Waals surface area contributed by atoms with Gasteiger partial charge in [0.2, 0.25) is 15.9 Å². The molecule has 0 aromatic heterocycles. The quantitative estimate of drug-likeness (QED) is 0.739. The number of amides is 1. The van der Waals surface area contributed by atoms with E-state index in [1.54, 1.807) is 0 Å². The van der Waals surface area contributed by atoms with Gasteiger partial charge in [-0.05, 0) is 43.2 Å². The van der Waals surface area contributed by atoms with Crippen molar-refractivity contribution in [3.63, 3.8) is 0 Å². The van der Waals surface area contributed by atoms with Crippen molar-refractivity contribution in [2.75, 3.05) is 13.1 Å². The van der Waals surface area contributed by atoms with Crippen LogP contribution in [-0.2, 0) is 21.2 Å². The summed E-state index contributed by atoms with van der Waals surface area (Å²) in [7, 11) is -3.63. The van der Waals surface area contributed by atoms with Gasteiger partial charge in [0.15, 0.2) is 0 Å². The Morgan fingerprint density at radius 2 is 1.64 bits per heavy atom. The maximum Gasteiger partial charge on any atom is 0.240 e. The van der Waals surface area contributed by atoms with E-state index >= 15 is 0 Å². The van der Waals surface area contributed by atoms with E-state index in [4.69, 9.17) is 11.6 Å². The molecule has 0 bridgehead atoms. The number of hydrogen-bond acceptors (Lipinski definition) is 3. The Balaban J connectivity index is 1.71. The third-order valence-electron chi connectivity index (χ3n) is 3.62. The summed E-state index contributed by atoms with van der Waals surface area (Å²) in [6.45, 7) is 2.59. The summed E-state index contributed by atoms with van der Waals surface area (Å²) < 4.78 is 26.5. The van der Waals surface area contributed by atoms with Gasteiger partial charge in [0.1, 0.15) is 0 Å². The molecule has 0 radical (unpaired) electrons. The van der Waals surface area contributed by atoms with Gasteiger partial charge in [0.25, 0.3) is 0 Å². The largest absolute Gasteiger partial charge is 0.356 e. The van der Waals surface area contributed by atoms with E-state index in [0.29, 0.717) is 11.6 Å². The summed E-state index contributed by atoms with van der Waals surface area (Å²) in [5, 5.41) is 3.25. The molecule has 0 aliphatic carbocycles. The molecule has 0 saturated heterocycles. The SMILES string of the molecule is Cc1ccc(CCNC(=O)CCNS(=O)(=O)c2ccc(Cl)cc2)cc1. The monoisotopic (exact) mass is 380 g/mol. The molecule has 0 unspecified atom stereocenters. The highest BCUT2D eigenvalue weighted by Gasteiger charge is 2.13. The number of rotatable bonds is 8. The van der Waals surface area contributed by atoms with Gasteiger partial charge < -0.3 is 5.32 Å². The van der Waals surface area contributed by atoms with Crippen LogP contribution in [0.1, 0.15) is 17.5 Å². The van der Waals surface area contributed by atoms with Crippen LogP contribution in [0.2, 0.25) is 5.02 Å². The smallest absolute Gasteiger partial charge is 0.240 e. The summed E-state index contributed by atoms with van der Waals surface area (Å²) in [5.74, 6) is -0.189. The molecule has 0 aliphatic rings. The molecule has 0 heterocycles. The van der Waals surface area contributed by atoms with Crippen molar-refractivity contribution in [3.8, 4) is 0 Å². The van der Waals surface area contributed by atoms with Crippen LogP contribution in [-0.4, -0.2) is 27.4 Å². The first-order chi connectivity index (χ1) is 11.9. The zero-order chi connectivity index (χ0) is 18.3. The van der Waals surface area contributed by atoms with Gasteiger partial charge in [0.05, 0.1) is 4.90 Å². The minimum absolute atomic E-state index is 0.0430. The van der Waals surface area contributed by atoms with E-state index in [1.807, 2.05) is 31.2 Å². The highest BCUT2D eigenvalue weighted by molar-refractivity contribution is 7.89. The number of halogens is 1. The van der Waals surface area contributed by atoms with E-state index in [-0.39, 0.29) is 23.8 Å². The first-order valence-corrected chi connectivity index (χ1v) is 9.80. The summed E-state index contributed by atoms with van der Waals surface area (Å²) >= 11 is 5.74. The van der Waals surface area contributed by atoms with Crippen molar-refractivity contribution >= 4 is 27.5 Å². The van der Waals surface area contributed by atoms with E-state index < -0.39 is 10.0 Å². The van der Waals surface area contributed by atoms with E-state index in [9.17, 15) is 13.2 Å². The average molecular weight is 381 g/mol. The summed E-state index contributed by atoms with van der Waals surface area (Å²) in [6.07, 6.45) is 0.823. The summed E-state index contributed by atoms with van der Waals surface area (Å²) in [5.41, 5.74) is 2.34. The van der Waals surface area contributed by atoms with Gasteiger partial charge >= 0.3 is 0 Å². The van der Waals surface area contributed by atoms with Gasteiger partial charge in [-0.15, -0.1) is 0 Å². The molecule has 1 amide bonds. The molecule has 0 fully saturated rings. The molecular weight excluding hydrogens is 360 g/mol. The lowest BCUT2D eigenvalue weighted by Crippen LogP contribution is -2.31. The zero-order valence-electron chi connectivity index (χ0n) is 14.0. The minimum Gasteiger partial charge on any atom is -0.356 e. The second-order valence-corrected chi connectivity index (χ2v) is 7.89. The highest BCUT2D eigenvalue weighted by atomic mass is 35.5. The number of hydrogen-bond donors (Lipinski definition) is 2. The predicted molar refractivity (Wildman–Crippen MR) is 99.2 cm³/mol. The fraction of sp³-hybridized carbons (Fsp3) is 0.278. The lowest BCUT2D eigenvalue weighted by atomic mass is 10.1. The fourth-order valence-corrected chi connectivity index (χ4v) is 3.34. The van der Waals surface area contributed by atoms with Crippen LogP contribution in [0, 0.1) is 6.92 Å².